The Morgan fingerprint density at radius 3 is 2.73 bits per heavy atom. The summed E-state index contributed by atoms with van der Waals surface area (Å²) in [5, 5.41) is 0. The van der Waals surface area contributed by atoms with E-state index >= 15 is 0 Å². The number of benzene rings is 2. The van der Waals surface area contributed by atoms with E-state index in [0.717, 1.165) is 42.5 Å². The van der Waals surface area contributed by atoms with Gasteiger partial charge in [0.15, 0.2) is 0 Å². The SMILES string of the molecule is COc1ccc(-c2cnc([C@@H]3COCCN3Cc3ccccc3)[nH]2)cc1. The van der Waals surface area contributed by atoms with Crippen molar-refractivity contribution in [2.24, 2.45) is 0 Å². The lowest BCUT2D eigenvalue weighted by atomic mass is 10.1. The summed E-state index contributed by atoms with van der Waals surface area (Å²) >= 11 is 0. The molecular weight excluding hydrogens is 326 g/mol. The zero-order valence-electron chi connectivity index (χ0n) is 14.9. The maximum absolute atomic E-state index is 5.73. The van der Waals surface area contributed by atoms with Crippen LogP contribution in [-0.4, -0.2) is 41.7 Å². The molecule has 1 atom stereocenters. The number of hydrogen-bond acceptors (Lipinski definition) is 4. The molecule has 0 bridgehead atoms. The first-order chi connectivity index (χ1) is 12.8. The molecule has 1 aliphatic heterocycles. The lowest BCUT2D eigenvalue weighted by Gasteiger charge is -2.34. The molecule has 1 fully saturated rings. The third-order valence-electron chi connectivity index (χ3n) is 4.78. The molecule has 5 nitrogen and oxygen atoms in total. The zero-order chi connectivity index (χ0) is 17.8. The van der Waals surface area contributed by atoms with Crippen molar-refractivity contribution in [2.45, 2.75) is 12.6 Å². The molecule has 4 rings (SSSR count). The Bertz CT molecular complexity index is 830. The first kappa shape index (κ1) is 16.8. The van der Waals surface area contributed by atoms with Crippen molar-refractivity contribution in [3.63, 3.8) is 0 Å². The summed E-state index contributed by atoms with van der Waals surface area (Å²) in [5.41, 5.74) is 3.41. The molecule has 134 valence electrons. The van der Waals surface area contributed by atoms with Gasteiger partial charge in [0, 0.05) is 13.1 Å². The number of nitrogens with one attached hydrogen (secondary N) is 1. The van der Waals surface area contributed by atoms with Gasteiger partial charge < -0.3 is 14.5 Å². The molecule has 2 heterocycles. The Kier molecular flexibility index (Phi) is 5.00. The van der Waals surface area contributed by atoms with Crippen LogP contribution in [0, 0.1) is 0 Å². The van der Waals surface area contributed by atoms with Crippen LogP contribution >= 0.6 is 0 Å². The second-order valence-electron chi connectivity index (χ2n) is 6.46. The van der Waals surface area contributed by atoms with Crippen LogP contribution < -0.4 is 4.74 Å². The van der Waals surface area contributed by atoms with Gasteiger partial charge in [-0.15, -0.1) is 0 Å². The van der Waals surface area contributed by atoms with Crippen LogP contribution in [0.1, 0.15) is 17.4 Å². The third-order valence-corrected chi connectivity index (χ3v) is 4.78. The van der Waals surface area contributed by atoms with Gasteiger partial charge in [-0.3, -0.25) is 4.90 Å². The van der Waals surface area contributed by atoms with Gasteiger partial charge in [0.2, 0.25) is 0 Å². The molecule has 5 heteroatoms. The summed E-state index contributed by atoms with van der Waals surface area (Å²) in [6, 6.07) is 18.7. The van der Waals surface area contributed by atoms with Gasteiger partial charge in [0.05, 0.1) is 38.3 Å². The number of rotatable bonds is 5. The third kappa shape index (κ3) is 3.64. The van der Waals surface area contributed by atoms with Gasteiger partial charge in [0.1, 0.15) is 11.6 Å². The second kappa shape index (κ2) is 7.72. The second-order valence-corrected chi connectivity index (χ2v) is 6.46. The van der Waals surface area contributed by atoms with E-state index < -0.39 is 0 Å². The number of hydrogen-bond donors (Lipinski definition) is 1. The number of morpholine rings is 1. The summed E-state index contributed by atoms with van der Waals surface area (Å²) < 4.78 is 11.0. The molecule has 0 amide bonds. The van der Waals surface area contributed by atoms with Crippen molar-refractivity contribution in [3.05, 3.63) is 72.2 Å². The smallest absolute Gasteiger partial charge is 0.126 e. The predicted molar refractivity (Wildman–Crippen MR) is 101 cm³/mol. The number of imidazole rings is 1. The molecule has 0 saturated carbocycles. The van der Waals surface area contributed by atoms with Crippen LogP contribution in [-0.2, 0) is 11.3 Å². The molecule has 0 unspecified atom stereocenters. The average Bonchev–Trinajstić information content (AvgIpc) is 3.19. The molecule has 26 heavy (non-hydrogen) atoms. The van der Waals surface area contributed by atoms with Gasteiger partial charge >= 0.3 is 0 Å². The van der Waals surface area contributed by atoms with Crippen molar-refractivity contribution < 1.29 is 9.47 Å². The number of H-pyrrole nitrogens is 1. The number of ether oxygens (including phenoxy) is 2. The summed E-state index contributed by atoms with van der Waals surface area (Å²) in [5.74, 6) is 1.80. The van der Waals surface area contributed by atoms with Crippen molar-refractivity contribution in [2.75, 3.05) is 26.9 Å². The molecule has 1 aromatic heterocycles. The fourth-order valence-corrected chi connectivity index (χ4v) is 3.32. The van der Waals surface area contributed by atoms with Crippen LogP contribution in [0.2, 0.25) is 0 Å². The van der Waals surface area contributed by atoms with E-state index in [1.165, 1.54) is 5.56 Å². The molecule has 0 spiro atoms. The molecule has 1 N–H and O–H groups in total. The standard InChI is InChI=1S/C21H23N3O2/c1-25-18-9-7-17(8-10-18)19-13-22-21(23-19)20-15-26-12-11-24(20)14-16-5-3-2-4-6-16/h2-10,13,20H,11-12,14-15H2,1H3,(H,22,23)/t20-/m0/s1. The summed E-state index contributed by atoms with van der Waals surface area (Å²) in [6.45, 7) is 3.21. The van der Waals surface area contributed by atoms with Gasteiger partial charge in [0.25, 0.3) is 0 Å². The number of aromatic nitrogens is 2. The minimum atomic E-state index is 0.135. The molecule has 3 aromatic rings. The molecule has 1 saturated heterocycles. The van der Waals surface area contributed by atoms with Crippen molar-refractivity contribution in [1.29, 1.82) is 0 Å². The lowest BCUT2D eigenvalue weighted by Crippen LogP contribution is -2.39. The maximum Gasteiger partial charge on any atom is 0.126 e. The van der Waals surface area contributed by atoms with Crippen molar-refractivity contribution in [1.82, 2.24) is 14.9 Å². The Balaban J connectivity index is 1.54. The Labute approximate surface area is 153 Å². The van der Waals surface area contributed by atoms with Crippen LogP contribution in [0.5, 0.6) is 5.75 Å². The minimum absolute atomic E-state index is 0.135. The van der Waals surface area contributed by atoms with Crippen LogP contribution in [0.25, 0.3) is 11.3 Å². The van der Waals surface area contributed by atoms with Crippen LogP contribution in [0.15, 0.2) is 60.8 Å². The Hall–Kier alpha value is -2.63. The molecule has 1 aliphatic rings. The molecule has 0 radical (unpaired) electrons. The number of methoxy groups -OCH3 is 1. The van der Waals surface area contributed by atoms with E-state index in [4.69, 9.17) is 9.47 Å². The predicted octanol–water partition coefficient (Wildman–Crippen LogP) is 3.66. The fraction of sp³-hybridized carbons (Fsp3) is 0.286. The van der Waals surface area contributed by atoms with E-state index in [1.807, 2.05) is 36.5 Å². The first-order valence-corrected chi connectivity index (χ1v) is 8.88. The zero-order valence-corrected chi connectivity index (χ0v) is 14.9. The largest absolute Gasteiger partial charge is 0.497 e. The number of nitrogens with zero attached hydrogens (tertiary/aromatic N) is 2. The quantitative estimate of drug-likeness (QED) is 0.764. The Morgan fingerprint density at radius 2 is 1.96 bits per heavy atom. The van der Waals surface area contributed by atoms with Gasteiger partial charge in [-0.1, -0.05) is 30.3 Å². The molecule has 2 aromatic carbocycles. The molecular formula is C21H23N3O2. The molecule has 0 aliphatic carbocycles. The fourth-order valence-electron chi connectivity index (χ4n) is 3.32. The first-order valence-electron chi connectivity index (χ1n) is 8.88. The lowest BCUT2D eigenvalue weighted by molar-refractivity contribution is -0.0156. The minimum Gasteiger partial charge on any atom is -0.497 e. The maximum atomic E-state index is 5.73. The van der Waals surface area contributed by atoms with E-state index in [1.54, 1.807) is 7.11 Å². The highest BCUT2D eigenvalue weighted by atomic mass is 16.5. The highest BCUT2D eigenvalue weighted by Crippen LogP contribution is 2.27. The van der Waals surface area contributed by atoms with Crippen molar-refractivity contribution >= 4 is 0 Å². The van der Waals surface area contributed by atoms with Gasteiger partial charge in [-0.25, -0.2) is 4.98 Å². The summed E-state index contributed by atoms with van der Waals surface area (Å²) in [4.78, 5) is 10.5. The highest BCUT2D eigenvalue weighted by molar-refractivity contribution is 5.59. The summed E-state index contributed by atoms with van der Waals surface area (Å²) in [7, 11) is 1.67. The summed E-state index contributed by atoms with van der Waals surface area (Å²) in [6.07, 6.45) is 1.90. The van der Waals surface area contributed by atoms with Crippen molar-refractivity contribution in [3.8, 4) is 17.0 Å². The number of aromatic amines is 1. The topological polar surface area (TPSA) is 50.4 Å². The van der Waals surface area contributed by atoms with Crippen LogP contribution in [0.4, 0.5) is 0 Å². The van der Waals surface area contributed by atoms with E-state index in [9.17, 15) is 0 Å². The van der Waals surface area contributed by atoms with Crippen LogP contribution in [0.3, 0.4) is 0 Å². The normalized spacial score (nSPS) is 18.0. The van der Waals surface area contributed by atoms with E-state index in [-0.39, 0.29) is 6.04 Å². The highest BCUT2D eigenvalue weighted by Gasteiger charge is 2.27. The monoisotopic (exact) mass is 349 g/mol. The Morgan fingerprint density at radius 1 is 1.15 bits per heavy atom. The average molecular weight is 349 g/mol. The van der Waals surface area contributed by atoms with E-state index in [2.05, 4.69) is 39.1 Å². The van der Waals surface area contributed by atoms with Gasteiger partial charge in [-0.05, 0) is 35.4 Å². The van der Waals surface area contributed by atoms with Gasteiger partial charge in [-0.2, -0.15) is 0 Å². The van der Waals surface area contributed by atoms with E-state index in [0.29, 0.717) is 6.61 Å².